The van der Waals surface area contributed by atoms with E-state index in [9.17, 15) is 9.59 Å². The highest BCUT2D eigenvalue weighted by molar-refractivity contribution is 9.25. The fourth-order valence-corrected chi connectivity index (χ4v) is 6.02. The van der Waals surface area contributed by atoms with Gasteiger partial charge in [-0.2, -0.15) is 0 Å². The first-order chi connectivity index (χ1) is 13.9. The van der Waals surface area contributed by atoms with Crippen molar-refractivity contribution in [1.29, 1.82) is 0 Å². The van der Waals surface area contributed by atoms with Gasteiger partial charge in [0.15, 0.2) is 0 Å². The van der Waals surface area contributed by atoms with E-state index in [1.807, 2.05) is 36.4 Å². The molecule has 1 aliphatic carbocycles. The molecule has 150 valence electrons. The Balaban J connectivity index is 1.73. The van der Waals surface area contributed by atoms with Crippen LogP contribution in [0.1, 0.15) is 22.8 Å². The van der Waals surface area contributed by atoms with Crippen LogP contribution in [0.5, 0.6) is 0 Å². The highest BCUT2D eigenvalue weighted by Crippen LogP contribution is 2.66. The van der Waals surface area contributed by atoms with Gasteiger partial charge in [-0.3, -0.25) is 4.79 Å². The van der Waals surface area contributed by atoms with Gasteiger partial charge in [-0.1, -0.05) is 80.4 Å². The largest absolute Gasteiger partial charge is 0.463 e. The van der Waals surface area contributed by atoms with E-state index in [-0.39, 0.29) is 29.8 Å². The van der Waals surface area contributed by atoms with Crippen LogP contribution >= 0.6 is 31.9 Å². The second-order valence-corrected chi connectivity index (χ2v) is 11.0. The summed E-state index contributed by atoms with van der Waals surface area (Å²) in [7, 11) is 0. The van der Waals surface area contributed by atoms with Crippen molar-refractivity contribution in [3.63, 3.8) is 0 Å². The summed E-state index contributed by atoms with van der Waals surface area (Å²) in [5.41, 5.74) is 2.29. The van der Waals surface area contributed by atoms with Gasteiger partial charge in [0.1, 0.15) is 3.23 Å². The van der Waals surface area contributed by atoms with Crippen molar-refractivity contribution < 1.29 is 14.3 Å². The normalized spacial score (nSPS) is 24.3. The van der Waals surface area contributed by atoms with E-state index >= 15 is 0 Å². The Morgan fingerprint density at radius 2 is 1.66 bits per heavy atom. The second-order valence-electron chi connectivity index (χ2n) is 7.32. The van der Waals surface area contributed by atoms with Crippen LogP contribution in [0.4, 0.5) is 0 Å². The molecule has 4 nitrogen and oxygen atoms in total. The lowest BCUT2D eigenvalue weighted by Gasteiger charge is -2.29. The summed E-state index contributed by atoms with van der Waals surface area (Å²) >= 11 is 7.53. The highest BCUT2D eigenvalue weighted by atomic mass is 79.9. The van der Waals surface area contributed by atoms with Gasteiger partial charge in [0.05, 0.1) is 18.2 Å². The minimum Gasteiger partial charge on any atom is -0.463 e. The summed E-state index contributed by atoms with van der Waals surface area (Å²) in [5, 5.41) is 0. The third-order valence-electron chi connectivity index (χ3n) is 5.55. The number of esters is 1. The number of hydrogen-bond donors (Lipinski definition) is 0. The van der Waals surface area contributed by atoms with Crippen molar-refractivity contribution >= 4 is 43.7 Å². The van der Waals surface area contributed by atoms with Crippen molar-refractivity contribution in [2.75, 3.05) is 6.61 Å². The van der Waals surface area contributed by atoms with E-state index < -0.39 is 3.23 Å². The molecule has 29 heavy (non-hydrogen) atoms. The first-order valence-corrected chi connectivity index (χ1v) is 11.2. The number of carbonyl (C=O) groups excluding carboxylic acids is 2. The van der Waals surface area contributed by atoms with Gasteiger partial charge in [-0.25, -0.2) is 4.79 Å². The predicted molar refractivity (Wildman–Crippen MR) is 119 cm³/mol. The maximum Gasteiger partial charge on any atom is 0.335 e. The van der Waals surface area contributed by atoms with Crippen molar-refractivity contribution in [1.82, 2.24) is 4.90 Å². The van der Waals surface area contributed by atoms with Crippen LogP contribution in [0.3, 0.4) is 0 Å². The third-order valence-corrected chi connectivity index (χ3v) is 7.54. The van der Waals surface area contributed by atoms with Gasteiger partial charge in [0, 0.05) is 23.6 Å². The molecule has 2 aromatic carbocycles. The minimum absolute atomic E-state index is 0.0553. The Hall–Kier alpha value is -1.92. The maximum absolute atomic E-state index is 13.2. The second kappa shape index (κ2) is 8.07. The molecular weight excluding hydrogens is 498 g/mol. The minimum atomic E-state index is -0.436. The molecule has 0 N–H and O–H groups in total. The molecule has 0 radical (unpaired) electrons. The van der Waals surface area contributed by atoms with Crippen molar-refractivity contribution in [3.05, 3.63) is 83.6 Å². The SMILES string of the molecule is CCOC(=O)C1=CN(C(=O)c2ccccc2)[C@@H]2[C@@H]([C@H]1Cc1ccccc1)C2(Br)Br. The predicted octanol–water partition coefficient (Wildman–Crippen LogP) is 4.93. The molecule has 1 saturated carbocycles. The monoisotopic (exact) mass is 517 g/mol. The van der Waals surface area contributed by atoms with Crippen LogP contribution < -0.4 is 0 Å². The standard InChI is InChI=1S/C23H21Br2NO3/c1-2-29-22(28)18-14-26(21(27)16-11-7-4-8-12-16)20-19(23(20,24)25)17(18)13-15-9-5-3-6-10-15/h3-12,14,17,19-20H,2,13H2,1H3/t17-,19+,20+/m0/s1. The lowest BCUT2D eigenvalue weighted by atomic mass is 9.85. The summed E-state index contributed by atoms with van der Waals surface area (Å²) in [6.45, 7) is 2.09. The van der Waals surface area contributed by atoms with E-state index in [0.29, 0.717) is 24.2 Å². The number of nitrogens with zero attached hydrogens (tertiary/aromatic N) is 1. The number of carbonyl (C=O) groups is 2. The van der Waals surface area contributed by atoms with Crippen LogP contribution in [-0.4, -0.2) is 32.7 Å². The highest BCUT2D eigenvalue weighted by Gasteiger charge is 2.70. The van der Waals surface area contributed by atoms with Gasteiger partial charge in [0.2, 0.25) is 0 Å². The molecule has 1 aliphatic heterocycles. The first-order valence-electron chi connectivity index (χ1n) is 9.63. The van der Waals surface area contributed by atoms with E-state index in [2.05, 4.69) is 44.0 Å². The van der Waals surface area contributed by atoms with Gasteiger partial charge >= 0.3 is 5.97 Å². The fraction of sp³-hybridized carbons (Fsp3) is 0.304. The van der Waals surface area contributed by atoms with Gasteiger partial charge in [0.25, 0.3) is 5.91 Å². The number of benzene rings is 2. The number of amides is 1. The number of rotatable bonds is 5. The van der Waals surface area contributed by atoms with E-state index in [1.54, 1.807) is 30.2 Å². The van der Waals surface area contributed by atoms with Crippen LogP contribution in [0.2, 0.25) is 0 Å². The maximum atomic E-state index is 13.2. The average molecular weight is 519 g/mol. The quantitative estimate of drug-likeness (QED) is 0.416. The zero-order valence-corrected chi connectivity index (χ0v) is 19.1. The number of alkyl halides is 2. The van der Waals surface area contributed by atoms with Crippen LogP contribution in [0, 0.1) is 11.8 Å². The smallest absolute Gasteiger partial charge is 0.335 e. The molecule has 0 unspecified atom stereocenters. The zero-order valence-electron chi connectivity index (χ0n) is 15.9. The Kier molecular flexibility index (Phi) is 5.67. The van der Waals surface area contributed by atoms with Crippen molar-refractivity contribution in [2.45, 2.75) is 22.6 Å². The Labute approximate surface area is 187 Å². The number of fused-ring (bicyclic) bond motifs is 1. The number of halogens is 2. The molecule has 1 amide bonds. The van der Waals surface area contributed by atoms with Crippen LogP contribution in [-0.2, 0) is 16.0 Å². The molecule has 1 heterocycles. The van der Waals surface area contributed by atoms with Gasteiger partial charge in [-0.05, 0) is 31.0 Å². The molecule has 3 atom stereocenters. The molecule has 0 spiro atoms. The van der Waals surface area contributed by atoms with Crippen LogP contribution in [0.15, 0.2) is 72.4 Å². The Morgan fingerprint density at radius 3 is 2.28 bits per heavy atom. The van der Waals surface area contributed by atoms with Crippen LogP contribution in [0.25, 0.3) is 0 Å². The Bertz CT molecular complexity index is 943. The molecule has 0 saturated heterocycles. The summed E-state index contributed by atoms with van der Waals surface area (Å²) in [6.07, 6.45) is 2.41. The average Bonchev–Trinajstić information content (AvgIpc) is 3.31. The van der Waals surface area contributed by atoms with Crippen molar-refractivity contribution in [2.24, 2.45) is 11.8 Å². The first kappa shape index (κ1) is 20.4. The number of ether oxygens (including phenoxy) is 1. The summed E-state index contributed by atoms with van der Waals surface area (Å²) in [5.74, 6) is -0.485. The third kappa shape index (κ3) is 3.80. The van der Waals surface area contributed by atoms with Crippen molar-refractivity contribution in [3.8, 4) is 0 Å². The Morgan fingerprint density at radius 1 is 1.03 bits per heavy atom. The fourth-order valence-electron chi connectivity index (χ4n) is 4.14. The topological polar surface area (TPSA) is 46.6 Å². The van der Waals surface area contributed by atoms with E-state index in [0.717, 1.165) is 5.56 Å². The molecule has 6 heteroatoms. The lowest BCUT2D eigenvalue weighted by Crippen LogP contribution is -2.37. The molecule has 0 aromatic heterocycles. The summed E-state index contributed by atoms with van der Waals surface area (Å²) < 4.78 is 4.91. The van der Waals surface area contributed by atoms with Gasteiger partial charge < -0.3 is 9.64 Å². The van der Waals surface area contributed by atoms with Gasteiger partial charge in [-0.15, -0.1) is 0 Å². The lowest BCUT2D eigenvalue weighted by molar-refractivity contribution is -0.139. The molecule has 2 aliphatic rings. The molecular formula is C23H21Br2NO3. The number of hydrogen-bond acceptors (Lipinski definition) is 3. The molecule has 4 rings (SSSR count). The zero-order chi connectivity index (χ0) is 20.6. The summed E-state index contributed by atoms with van der Waals surface area (Å²) in [6, 6.07) is 19.1. The van der Waals surface area contributed by atoms with E-state index in [4.69, 9.17) is 4.74 Å². The van der Waals surface area contributed by atoms with E-state index in [1.165, 1.54) is 0 Å². The molecule has 0 bridgehead atoms. The summed E-state index contributed by atoms with van der Waals surface area (Å²) in [4.78, 5) is 27.7. The molecule has 2 aromatic rings. The molecule has 1 fully saturated rings.